The lowest BCUT2D eigenvalue weighted by Gasteiger charge is -2.36. The summed E-state index contributed by atoms with van der Waals surface area (Å²) < 4.78 is 6.79. The molecule has 1 fully saturated rings. The lowest BCUT2D eigenvalue weighted by Crippen LogP contribution is -2.40. The first-order valence-electron chi connectivity index (χ1n) is 8.07. The van der Waals surface area contributed by atoms with Crippen LogP contribution in [-0.4, -0.2) is 6.23 Å². The van der Waals surface area contributed by atoms with Gasteiger partial charge in [0.05, 0.1) is 11.6 Å². The Kier molecular flexibility index (Phi) is 4.22. The molecule has 4 N–H and O–H groups in total. The standard InChI is InChI=1S/C19H17BrN4O/c20-13-8-6-11(7-9-13)15-14(10-21)18(22)25-19-16(15)17(23-24-19)12-4-2-1-3-5-12/h1-9,15-17,19,23-24H,22H2. The quantitative estimate of drug-likeness (QED) is 0.726. The second kappa shape index (κ2) is 6.52. The summed E-state index contributed by atoms with van der Waals surface area (Å²) in [7, 11) is 0. The summed E-state index contributed by atoms with van der Waals surface area (Å²) in [5.74, 6) is 0.0507. The molecule has 0 aliphatic carbocycles. The van der Waals surface area contributed by atoms with Crippen molar-refractivity contribution in [2.24, 2.45) is 11.7 Å². The third-order valence-corrected chi connectivity index (χ3v) is 5.37. The van der Waals surface area contributed by atoms with Crippen molar-refractivity contribution in [1.29, 1.82) is 5.26 Å². The average molecular weight is 397 g/mol. The number of nitrogens with zero attached hydrogens (tertiary/aromatic N) is 1. The van der Waals surface area contributed by atoms with Crippen molar-refractivity contribution in [2.45, 2.75) is 18.2 Å². The van der Waals surface area contributed by atoms with Gasteiger partial charge in [-0.2, -0.15) is 5.26 Å². The van der Waals surface area contributed by atoms with Gasteiger partial charge in [0.2, 0.25) is 5.88 Å². The molecule has 2 aromatic rings. The van der Waals surface area contributed by atoms with Crippen molar-refractivity contribution in [2.75, 3.05) is 0 Å². The Bertz CT molecular complexity index is 844. The van der Waals surface area contributed by atoms with Crippen molar-refractivity contribution in [3.05, 3.63) is 81.7 Å². The summed E-state index contributed by atoms with van der Waals surface area (Å²) in [5.41, 5.74) is 15.2. The highest BCUT2D eigenvalue weighted by Crippen LogP contribution is 2.47. The molecule has 126 valence electrons. The minimum Gasteiger partial charge on any atom is -0.458 e. The van der Waals surface area contributed by atoms with Crippen LogP contribution in [0, 0.1) is 17.2 Å². The number of allylic oxidation sites excluding steroid dienone is 1. The molecule has 2 heterocycles. The predicted octanol–water partition coefficient (Wildman–Crippen LogP) is 3.05. The van der Waals surface area contributed by atoms with Crippen molar-refractivity contribution >= 4 is 15.9 Å². The highest BCUT2D eigenvalue weighted by Gasteiger charge is 2.49. The maximum atomic E-state index is 9.71. The fourth-order valence-corrected chi connectivity index (χ4v) is 3.97. The Morgan fingerprint density at radius 3 is 2.40 bits per heavy atom. The molecule has 0 aromatic heterocycles. The van der Waals surface area contributed by atoms with E-state index in [-0.39, 0.29) is 30.0 Å². The van der Waals surface area contributed by atoms with Crippen molar-refractivity contribution in [3.63, 3.8) is 0 Å². The number of halogens is 1. The Balaban J connectivity index is 1.82. The third kappa shape index (κ3) is 2.81. The van der Waals surface area contributed by atoms with Gasteiger partial charge in [0.15, 0.2) is 6.23 Å². The number of hydrazine groups is 1. The normalized spacial score (nSPS) is 28.2. The van der Waals surface area contributed by atoms with Crippen molar-refractivity contribution < 1.29 is 4.74 Å². The smallest absolute Gasteiger partial charge is 0.200 e. The SMILES string of the molecule is N#CC1=C(N)OC2NNC(c3ccccc3)C2C1c1ccc(Br)cc1. The highest BCUT2D eigenvalue weighted by atomic mass is 79.9. The predicted molar refractivity (Wildman–Crippen MR) is 97.5 cm³/mol. The second-order valence-electron chi connectivity index (χ2n) is 6.21. The Hall–Kier alpha value is -2.33. The molecule has 0 radical (unpaired) electrons. The van der Waals surface area contributed by atoms with E-state index in [4.69, 9.17) is 10.5 Å². The van der Waals surface area contributed by atoms with E-state index in [1.807, 2.05) is 42.5 Å². The molecule has 0 bridgehead atoms. The van der Waals surface area contributed by atoms with Gasteiger partial charge in [-0.05, 0) is 23.3 Å². The van der Waals surface area contributed by atoms with E-state index in [9.17, 15) is 5.26 Å². The van der Waals surface area contributed by atoms with Crippen LogP contribution in [0.15, 0.2) is 70.5 Å². The number of hydrogen-bond donors (Lipinski definition) is 3. The van der Waals surface area contributed by atoms with Crippen LogP contribution in [0.3, 0.4) is 0 Å². The first-order chi connectivity index (χ1) is 12.2. The third-order valence-electron chi connectivity index (χ3n) is 4.84. The van der Waals surface area contributed by atoms with Crippen molar-refractivity contribution in [3.8, 4) is 6.07 Å². The zero-order chi connectivity index (χ0) is 17.4. The van der Waals surface area contributed by atoms with E-state index in [1.54, 1.807) is 0 Å². The Morgan fingerprint density at radius 2 is 1.72 bits per heavy atom. The minimum atomic E-state index is -0.295. The monoisotopic (exact) mass is 396 g/mol. The van der Waals surface area contributed by atoms with Crippen LogP contribution < -0.4 is 16.6 Å². The molecule has 2 aliphatic rings. The van der Waals surface area contributed by atoms with Crippen LogP contribution in [0.1, 0.15) is 23.1 Å². The number of ether oxygens (including phenoxy) is 1. The van der Waals surface area contributed by atoms with Gasteiger partial charge in [-0.1, -0.05) is 58.4 Å². The minimum absolute atomic E-state index is 0.00512. The number of hydrogen-bond acceptors (Lipinski definition) is 5. The van der Waals surface area contributed by atoms with Gasteiger partial charge in [0.25, 0.3) is 0 Å². The largest absolute Gasteiger partial charge is 0.458 e. The molecular weight excluding hydrogens is 380 g/mol. The van der Waals surface area contributed by atoms with Crippen LogP contribution in [-0.2, 0) is 4.74 Å². The number of nitriles is 1. The maximum absolute atomic E-state index is 9.71. The van der Waals surface area contributed by atoms with Crippen molar-refractivity contribution in [1.82, 2.24) is 10.9 Å². The number of rotatable bonds is 2. The average Bonchev–Trinajstić information content (AvgIpc) is 3.05. The van der Waals surface area contributed by atoms with E-state index in [1.165, 1.54) is 0 Å². The summed E-state index contributed by atoms with van der Waals surface area (Å²) in [6, 6.07) is 20.5. The summed E-state index contributed by atoms with van der Waals surface area (Å²) in [4.78, 5) is 0. The molecule has 2 aromatic carbocycles. The first kappa shape index (κ1) is 16.2. The van der Waals surface area contributed by atoms with Gasteiger partial charge in [-0.3, -0.25) is 0 Å². The summed E-state index contributed by atoms with van der Waals surface area (Å²) in [5, 5.41) is 9.71. The molecule has 1 saturated heterocycles. The van der Waals surface area contributed by atoms with Crippen LogP contribution in [0.4, 0.5) is 0 Å². The number of nitrogens with two attached hydrogens (primary N) is 1. The van der Waals surface area contributed by atoms with E-state index >= 15 is 0 Å². The first-order valence-corrected chi connectivity index (χ1v) is 8.86. The lowest BCUT2D eigenvalue weighted by molar-refractivity contribution is 0.0340. The molecule has 4 unspecified atom stereocenters. The van der Waals surface area contributed by atoms with Crippen LogP contribution in [0.25, 0.3) is 0 Å². The second-order valence-corrected chi connectivity index (χ2v) is 7.13. The van der Waals surface area contributed by atoms with E-state index in [2.05, 4.69) is 45.0 Å². The van der Waals surface area contributed by atoms with Gasteiger partial charge in [0, 0.05) is 16.3 Å². The van der Waals surface area contributed by atoms with Crippen LogP contribution >= 0.6 is 15.9 Å². The number of fused-ring (bicyclic) bond motifs is 1. The van der Waals surface area contributed by atoms with E-state index in [0.29, 0.717) is 5.57 Å². The summed E-state index contributed by atoms with van der Waals surface area (Å²) >= 11 is 3.47. The summed E-state index contributed by atoms with van der Waals surface area (Å²) in [6.45, 7) is 0. The molecular formula is C19H17BrN4O. The molecule has 25 heavy (non-hydrogen) atoms. The van der Waals surface area contributed by atoms with Gasteiger partial charge in [-0.15, -0.1) is 0 Å². The lowest BCUT2D eigenvalue weighted by atomic mass is 9.74. The molecule has 2 aliphatic heterocycles. The van der Waals surface area contributed by atoms with Crippen LogP contribution in [0.2, 0.25) is 0 Å². The maximum Gasteiger partial charge on any atom is 0.200 e. The van der Waals surface area contributed by atoms with Gasteiger partial charge in [-0.25, -0.2) is 10.9 Å². The fraction of sp³-hybridized carbons (Fsp3) is 0.211. The van der Waals surface area contributed by atoms with E-state index in [0.717, 1.165) is 15.6 Å². The molecule has 5 nitrogen and oxygen atoms in total. The zero-order valence-corrected chi connectivity index (χ0v) is 14.9. The molecule has 0 amide bonds. The van der Waals surface area contributed by atoms with E-state index < -0.39 is 0 Å². The zero-order valence-electron chi connectivity index (χ0n) is 13.3. The molecule has 4 atom stereocenters. The highest BCUT2D eigenvalue weighted by molar-refractivity contribution is 9.10. The Labute approximate surface area is 154 Å². The number of nitrogens with one attached hydrogen (secondary N) is 2. The molecule has 4 rings (SSSR count). The molecule has 0 saturated carbocycles. The molecule has 6 heteroatoms. The summed E-state index contributed by atoms with van der Waals surface area (Å²) in [6.07, 6.45) is -0.295. The topological polar surface area (TPSA) is 83.1 Å². The Morgan fingerprint density at radius 1 is 1.00 bits per heavy atom. The van der Waals surface area contributed by atoms with Gasteiger partial charge in [0.1, 0.15) is 6.07 Å². The molecule has 0 spiro atoms. The van der Waals surface area contributed by atoms with Gasteiger partial charge >= 0.3 is 0 Å². The van der Waals surface area contributed by atoms with Gasteiger partial charge < -0.3 is 10.5 Å². The fourth-order valence-electron chi connectivity index (χ4n) is 3.71. The van der Waals surface area contributed by atoms with Crippen LogP contribution in [0.5, 0.6) is 0 Å². The number of benzene rings is 2.